The van der Waals surface area contributed by atoms with Crippen molar-refractivity contribution < 1.29 is 14.3 Å². The number of hydrogen-bond donors (Lipinski definition) is 1. The van der Waals surface area contributed by atoms with Gasteiger partial charge in [-0.05, 0) is 70.5 Å². The van der Waals surface area contributed by atoms with Crippen LogP contribution in [0.2, 0.25) is 0 Å². The maximum Gasteiger partial charge on any atom is 0.344 e. The summed E-state index contributed by atoms with van der Waals surface area (Å²) in [6, 6.07) is 3.90. The number of hydrogen-bond acceptors (Lipinski definition) is 4. The fourth-order valence-electron chi connectivity index (χ4n) is 1.48. The van der Waals surface area contributed by atoms with Gasteiger partial charge in [-0.1, -0.05) is 0 Å². The smallest absolute Gasteiger partial charge is 0.344 e. The van der Waals surface area contributed by atoms with Crippen molar-refractivity contribution in [1.82, 2.24) is 5.32 Å². The number of carbonyl (C=O) groups is 1. The summed E-state index contributed by atoms with van der Waals surface area (Å²) in [4.78, 5) is 11.4. The van der Waals surface area contributed by atoms with Gasteiger partial charge in [-0.2, -0.15) is 0 Å². The molecule has 6 heteroatoms. The Morgan fingerprint density at radius 2 is 1.89 bits per heavy atom. The van der Waals surface area contributed by atoms with Gasteiger partial charge in [0.1, 0.15) is 5.75 Å². The van der Waals surface area contributed by atoms with Gasteiger partial charge < -0.3 is 14.8 Å². The van der Waals surface area contributed by atoms with E-state index in [0.717, 1.165) is 21.1 Å². The molecule has 4 nitrogen and oxygen atoms in total. The number of nitrogens with one attached hydrogen (secondary N) is 1. The molecule has 0 fully saturated rings. The molecule has 0 aliphatic heterocycles. The van der Waals surface area contributed by atoms with Crippen LogP contribution in [-0.2, 0) is 16.1 Å². The van der Waals surface area contributed by atoms with Crippen LogP contribution >= 0.6 is 31.9 Å². The Labute approximate surface area is 130 Å². The Balaban J connectivity index is 2.71. The third kappa shape index (κ3) is 5.50. The third-order valence-electron chi connectivity index (χ3n) is 2.14. The number of carbonyl (C=O) groups excluding carboxylic acids is 1. The maximum absolute atomic E-state index is 11.4. The minimum atomic E-state index is -0.381. The average molecular weight is 395 g/mol. The Morgan fingerprint density at radius 3 is 2.37 bits per heavy atom. The molecular weight excluding hydrogens is 378 g/mol. The van der Waals surface area contributed by atoms with E-state index in [-0.39, 0.29) is 18.7 Å². The molecule has 0 unspecified atom stereocenters. The lowest BCUT2D eigenvalue weighted by atomic mass is 10.2. The van der Waals surface area contributed by atoms with Crippen molar-refractivity contribution in [2.24, 2.45) is 0 Å². The molecule has 1 rings (SSSR count). The summed E-state index contributed by atoms with van der Waals surface area (Å²) in [6.45, 7) is 4.25. The summed E-state index contributed by atoms with van der Waals surface area (Å²) in [5.74, 6) is 0.216. The van der Waals surface area contributed by atoms with E-state index in [9.17, 15) is 4.79 Å². The van der Waals surface area contributed by atoms with E-state index in [1.165, 1.54) is 0 Å². The van der Waals surface area contributed by atoms with Crippen LogP contribution in [0.25, 0.3) is 0 Å². The van der Waals surface area contributed by atoms with E-state index in [4.69, 9.17) is 9.47 Å². The molecule has 106 valence electrons. The molecule has 1 N–H and O–H groups in total. The number of rotatable bonds is 6. The molecule has 0 aliphatic rings. The average Bonchev–Trinajstić information content (AvgIpc) is 2.27. The van der Waals surface area contributed by atoms with E-state index >= 15 is 0 Å². The molecule has 1 aromatic carbocycles. The summed E-state index contributed by atoms with van der Waals surface area (Å²) in [5.41, 5.74) is 1.11. The van der Waals surface area contributed by atoms with Crippen molar-refractivity contribution in [3.63, 3.8) is 0 Å². The number of benzene rings is 1. The standard InChI is InChI=1S/C13H17Br2NO3/c1-8(2)19-12(17)7-18-13-10(14)4-9(6-16-3)5-11(13)15/h4-5,8,16H,6-7H2,1-3H3. The molecule has 0 amide bonds. The van der Waals surface area contributed by atoms with E-state index < -0.39 is 0 Å². The van der Waals surface area contributed by atoms with Gasteiger partial charge in [-0.15, -0.1) is 0 Å². The first-order valence-electron chi connectivity index (χ1n) is 5.88. The second-order valence-corrected chi connectivity index (χ2v) is 5.95. The number of halogens is 2. The molecule has 0 saturated carbocycles. The van der Waals surface area contributed by atoms with Crippen LogP contribution in [0.3, 0.4) is 0 Å². The fraction of sp³-hybridized carbons (Fsp3) is 0.462. The van der Waals surface area contributed by atoms with Crippen LogP contribution in [0, 0.1) is 0 Å². The Kier molecular flexibility index (Phi) is 6.82. The second kappa shape index (κ2) is 7.87. The molecule has 0 aliphatic carbocycles. The Hall–Kier alpha value is -0.590. The quantitative estimate of drug-likeness (QED) is 0.752. The highest BCUT2D eigenvalue weighted by molar-refractivity contribution is 9.11. The van der Waals surface area contributed by atoms with Gasteiger partial charge in [-0.3, -0.25) is 0 Å². The third-order valence-corrected chi connectivity index (χ3v) is 3.32. The highest BCUT2D eigenvalue weighted by Gasteiger charge is 2.12. The van der Waals surface area contributed by atoms with Crippen LogP contribution in [0.1, 0.15) is 19.4 Å². The second-order valence-electron chi connectivity index (χ2n) is 4.25. The lowest BCUT2D eigenvalue weighted by molar-refractivity contribution is -0.149. The molecule has 0 saturated heterocycles. The van der Waals surface area contributed by atoms with Crippen LogP contribution < -0.4 is 10.1 Å². The molecule has 0 spiro atoms. The first kappa shape index (κ1) is 16.5. The number of ether oxygens (including phenoxy) is 2. The van der Waals surface area contributed by atoms with Gasteiger partial charge in [0, 0.05) is 6.54 Å². The molecule has 0 heterocycles. The monoisotopic (exact) mass is 393 g/mol. The minimum Gasteiger partial charge on any atom is -0.480 e. The molecule has 0 radical (unpaired) electrons. The molecule has 1 aromatic rings. The predicted octanol–water partition coefficient (Wildman–Crippen LogP) is 3.26. The highest BCUT2D eigenvalue weighted by Crippen LogP contribution is 2.34. The van der Waals surface area contributed by atoms with Crippen LogP contribution in [0.15, 0.2) is 21.1 Å². The van der Waals surface area contributed by atoms with Crippen molar-refractivity contribution in [2.75, 3.05) is 13.7 Å². The van der Waals surface area contributed by atoms with Crippen LogP contribution in [-0.4, -0.2) is 25.7 Å². The van der Waals surface area contributed by atoms with Crippen LogP contribution in [0.5, 0.6) is 5.75 Å². The topological polar surface area (TPSA) is 47.6 Å². The van der Waals surface area contributed by atoms with Gasteiger partial charge >= 0.3 is 5.97 Å². The normalized spacial score (nSPS) is 10.6. The van der Waals surface area contributed by atoms with E-state index in [0.29, 0.717) is 5.75 Å². The van der Waals surface area contributed by atoms with Crippen molar-refractivity contribution >= 4 is 37.8 Å². The summed E-state index contributed by atoms with van der Waals surface area (Å²) in [7, 11) is 1.88. The lowest BCUT2D eigenvalue weighted by Crippen LogP contribution is -2.19. The first-order valence-corrected chi connectivity index (χ1v) is 7.47. The van der Waals surface area contributed by atoms with Crippen molar-refractivity contribution in [1.29, 1.82) is 0 Å². The van der Waals surface area contributed by atoms with E-state index in [1.54, 1.807) is 13.8 Å². The molecule has 0 aromatic heterocycles. The first-order chi connectivity index (χ1) is 8.93. The van der Waals surface area contributed by atoms with Gasteiger partial charge in [0.05, 0.1) is 15.0 Å². The molecular formula is C13H17Br2NO3. The van der Waals surface area contributed by atoms with E-state index in [1.807, 2.05) is 19.2 Å². The summed E-state index contributed by atoms with van der Waals surface area (Å²) < 4.78 is 12.1. The molecule has 0 atom stereocenters. The van der Waals surface area contributed by atoms with Crippen LogP contribution in [0.4, 0.5) is 0 Å². The van der Waals surface area contributed by atoms with E-state index in [2.05, 4.69) is 37.2 Å². The van der Waals surface area contributed by atoms with Gasteiger partial charge in [0.2, 0.25) is 0 Å². The fourth-order valence-corrected chi connectivity index (χ4v) is 2.99. The van der Waals surface area contributed by atoms with Gasteiger partial charge in [0.25, 0.3) is 0 Å². The van der Waals surface area contributed by atoms with Crippen molar-refractivity contribution in [3.8, 4) is 5.75 Å². The van der Waals surface area contributed by atoms with Gasteiger partial charge in [0.15, 0.2) is 6.61 Å². The summed E-state index contributed by atoms with van der Waals surface area (Å²) in [5, 5.41) is 3.07. The summed E-state index contributed by atoms with van der Waals surface area (Å²) >= 11 is 6.87. The largest absolute Gasteiger partial charge is 0.480 e. The zero-order valence-electron chi connectivity index (χ0n) is 11.1. The summed E-state index contributed by atoms with van der Waals surface area (Å²) in [6.07, 6.45) is -0.138. The van der Waals surface area contributed by atoms with Crippen molar-refractivity contribution in [3.05, 3.63) is 26.6 Å². The highest BCUT2D eigenvalue weighted by atomic mass is 79.9. The predicted molar refractivity (Wildman–Crippen MR) is 81.3 cm³/mol. The Morgan fingerprint density at radius 1 is 1.32 bits per heavy atom. The Bertz CT molecular complexity index is 427. The van der Waals surface area contributed by atoms with Gasteiger partial charge in [-0.25, -0.2) is 4.79 Å². The zero-order chi connectivity index (χ0) is 14.4. The number of esters is 1. The molecule has 0 bridgehead atoms. The van der Waals surface area contributed by atoms with Crippen molar-refractivity contribution in [2.45, 2.75) is 26.5 Å². The molecule has 19 heavy (non-hydrogen) atoms. The minimum absolute atomic E-state index is 0.110. The SMILES string of the molecule is CNCc1cc(Br)c(OCC(=O)OC(C)C)c(Br)c1. The zero-order valence-corrected chi connectivity index (χ0v) is 14.3. The lowest BCUT2D eigenvalue weighted by Gasteiger charge is -2.13. The maximum atomic E-state index is 11.4.